The van der Waals surface area contributed by atoms with Gasteiger partial charge in [0.2, 0.25) is 5.91 Å². The average Bonchev–Trinajstić information content (AvgIpc) is 2.96. The molecule has 1 N–H and O–H groups in total. The van der Waals surface area contributed by atoms with Crippen LogP contribution in [0, 0.1) is 5.41 Å². The van der Waals surface area contributed by atoms with Crippen molar-refractivity contribution in [3.05, 3.63) is 0 Å². The molecule has 0 radical (unpaired) electrons. The Morgan fingerprint density at radius 1 is 1.44 bits per heavy atom. The predicted octanol–water partition coefficient (Wildman–Crippen LogP) is 0.572. The van der Waals surface area contributed by atoms with Crippen LogP contribution in [-0.2, 0) is 14.3 Å². The minimum Gasteiger partial charge on any atom is -0.469 e. The van der Waals surface area contributed by atoms with E-state index < -0.39 is 5.41 Å². The van der Waals surface area contributed by atoms with Gasteiger partial charge in [0.25, 0.3) is 0 Å². The molecule has 18 heavy (non-hydrogen) atoms. The van der Waals surface area contributed by atoms with Crippen molar-refractivity contribution in [3.63, 3.8) is 0 Å². The topological polar surface area (TPSA) is 58.6 Å². The van der Waals surface area contributed by atoms with Crippen molar-refractivity contribution in [3.8, 4) is 0 Å². The summed E-state index contributed by atoms with van der Waals surface area (Å²) in [7, 11) is 1.40. The zero-order valence-corrected chi connectivity index (χ0v) is 11.7. The van der Waals surface area contributed by atoms with Crippen LogP contribution in [0.4, 0.5) is 0 Å². The lowest BCUT2D eigenvalue weighted by Gasteiger charge is -2.23. The molecule has 2 unspecified atom stereocenters. The van der Waals surface area contributed by atoms with E-state index in [4.69, 9.17) is 4.74 Å². The maximum absolute atomic E-state index is 12.2. The number of carbonyl (C=O) groups excluding carboxylic acids is 2. The summed E-state index contributed by atoms with van der Waals surface area (Å²) in [6.45, 7) is 3.92. The normalized spacial score (nSPS) is 31.0. The molecule has 0 bridgehead atoms. The molecule has 104 valence electrons. The number of esters is 1. The summed E-state index contributed by atoms with van der Waals surface area (Å²) in [5.74, 6) is -0.0812. The number of halogens is 1. The van der Waals surface area contributed by atoms with Crippen molar-refractivity contribution < 1.29 is 14.3 Å². The average molecular weight is 277 g/mol. The molecule has 2 atom stereocenters. The molecule has 0 spiro atoms. The zero-order chi connectivity index (χ0) is 12.5. The van der Waals surface area contributed by atoms with Gasteiger partial charge < -0.3 is 15.0 Å². The minimum atomic E-state index is -0.525. The number of nitrogens with one attached hydrogen (secondary N) is 1. The van der Waals surface area contributed by atoms with E-state index in [0.717, 1.165) is 19.4 Å². The second-order valence-electron chi connectivity index (χ2n) is 5.21. The third-order valence-electron chi connectivity index (χ3n) is 3.82. The number of hydrogen-bond donors (Lipinski definition) is 1. The monoisotopic (exact) mass is 276 g/mol. The minimum absolute atomic E-state index is 0. The van der Waals surface area contributed by atoms with Crippen molar-refractivity contribution in [1.29, 1.82) is 0 Å². The molecule has 2 aliphatic heterocycles. The second kappa shape index (κ2) is 5.89. The summed E-state index contributed by atoms with van der Waals surface area (Å²) in [6, 6.07) is -0.0463. The Morgan fingerprint density at radius 3 is 2.72 bits per heavy atom. The quantitative estimate of drug-likeness (QED) is 0.750. The molecule has 2 fully saturated rings. The third-order valence-corrected chi connectivity index (χ3v) is 3.82. The first kappa shape index (κ1) is 15.2. The molecule has 2 saturated heterocycles. The molecule has 0 saturated carbocycles. The lowest BCUT2D eigenvalue weighted by Crippen LogP contribution is -2.44. The van der Waals surface area contributed by atoms with E-state index >= 15 is 0 Å². The van der Waals surface area contributed by atoms with E-state index in [2.05, 4.69) is 5.32 Å². The van der Waals surface area contributed by atoms with Crippen LogP contribution in [0.1, 0.15) is 26.2 Å². The third kappa shape index (κ3) is 2.78. The molecular weight excluding hydrogens is 256 g/mol. The van der Waals surface area contributed by atoms with E-state index in [-0.39, 0.29) is 30.3 Å². The molecule has 2 heterocycles. The molecule has 0 aliphatic carbocycles. The molecule has 0 aromatic carbocycles. The van der Waals surface area contributed by atoms with Crippen LogP contribution in [0.2, 0.25) is 0 Å². The smallest absolute Gasteiger partial charge is 0.313 e. The molecular formula is C12H21ClN2O3. The van der Waals surface area contributed by atoms with Crippen LogP contribution in [0.25, 0.3) is 0 Å². The van der Waals surface area contributed by atoms with Gasteiger partial charge in [-0.25, -0.2) is 0 Å². The largest absolute Gasteiger partial charge is 0.469 e. The Labute approximate surface area is 114 Å². The highest BCUT2D eigenvalue weighted by atomic mass is 35.5. The van der Waals surface area contributed by atoms with Gasteiger partial charge in [-0.15, -0.1) is 12.4 Å². The number of likely N-dealkylation sites (tertiary alicyclic amines) is 1. The van der Waals surface area contributed by atoms with Crippen LogP contribution >= 0.6 is 12.4 Å². The first-order chi connectivity index (χ1) is 8.07. The number of rotatable bonds is 2. The Morgan fingerprint density at radius 2 is 2.17 bits per heavy atom. The number of hydrogen-bond acceptors (Lipinski definition) is 4. The Balaban J connectivity index is 0.00000162. The van der Waals surface area contributed by atoms with Crippen molar-refractivity contribution in [2.75, 3.05) is 26.7 Å². The van der Waals surface area contributed by atoms with Gasteiger partial charge in [-0.05, 0) is 32.7 Å². The SMILES string of the molecule is COC(=O)C1(C)CCN(C(=O)C2CCCN2)C1.Cl. The lowest BCUT2D eigenvalue weighted by molar-refractivity contribution is -0.151. The summed E-state index contributed by atoms with van der Waals surface area (Å²) in [4.78, 5) is 25.6. The van der Waals surface area contributed by atoms with Gasteiger partial charge >= 0.3 is 5.97 Å². The molecule has 2 aliphatic rings. The number of methoxy groups -OCH3 is 1. The first-order valence-electron chi connectivity index (χ1n) is 6.17. The van der Waals surface area contributed by atoms with Crippen LogP contribution in [0.3, 0.4) is 0 Å². The number of carbonyl (C=O) groups is 2. The predicted molar refractivity (Wildman–Crippen MR) is 69.6 cm³/mol. The van der Waals surface area contributed by atoms with Crippen LogP contribution < -0.4 is 5.32 Å². The number of nitrogens with zero attached hydrogens (tertiary/aromatic N) is 1. The fourth-order valence-corrected chi connectivity index (χ4v) is 2.68. The second-order valence-corrected chi connectivity index (χ2v) is 5.21. The standard InChI is InChI=1S/C12H20N2O3.ClH/c1-12(11(16)17-2)5-7-14(8-12)10(15)9-4-3-6-13-9;/h9,13H,3-8H2,1-2H3;1H. The van der Waals surface area contributed by atoms with Crippen molar-refractivity contribution in [2.45, 2.75) is 32.2 Å². The number of ether oxygens (including phenoxy) is 1. The van der Waals surface area contributed by atoms with Gasteiger partial charge in [-0.2, -0.15) is 0 Å². The van der Waals surface area contributed by atoms with E-state index in [1.807, 2.05) is 6.92 Å². The van der Waals surface area contributed by atoms with E-state index in [1.54, 1.807) is 4.90 Å². The Kier molecular flexibility index (Phi) is 4.99. The van der Waals surface area contributed by atoms with E-state index in [1.165, 1.54) is 7.11 Å². The summed E-state index contributed by atoms with van der Waals surface area (Å²) >= 11 is 0. The van der Waals surface area contributed by atoms with E-state index in [0.29, 0.717) is 19.5 Å². The summed E-state index contributed by atoms with van der Waals surface area (Å²) in [5.41, 5.74) is -0.525. The highest BCUT2D eigenvalue weighted by molar-refractivity contribution is 5.85. The lowest BCUT2D eigenvalue weighted by atomic mass is 9.90. The van der Waals surface area contributed by atoms with Crippen molar-refractivity contribution >= 4 is 24.3 Å². The molecule has 1 amide bonds. The van der Waals surface area contributed by atoms with Gasteiger partial charge in [0.1, 0.15) is 0 Å². The summed E-state index contributed by atoms with van der Waals surface area (Å²) in [5, 5.41) is 3.20. The van der Waals surface area contributed by atoms with Crippen LogP contribution in [-0.4, -0.2) is 49.6 Å². The van der Waals surface area contributed by atoms with Gasteiger partial charge in [0, 0.05) is 13.1 Å². The molecule has 0 aromatic heterocycles. The zero-order valence-electron chi connectivity index (χ0n) is 10.9. The van der Waals surface area contributed by atoms with Crippen molar-refractivity contribution in [1.82, 2.24) is 10.2 Å². The fraction of sp³-hybridized carbons (Fsp3) is 0.833. The highest BCUT2D eigenvalue weighted by Crippen LogP contribution is 2.31. The highest BCUT2D eigenvalue weighted by Gasteiger charge is 2.44. The fourth-order valence-electron chi connectivity index (χ4n) is 2.68. The van der Waals surface area contributed by atoms with Crippen LogP contribution in [0.15, 0.2) is 0 Å². The summed E-state index contributed by atoms with van der Waals surface area (Å²) in [6.07, 6.45) is 2.65. The first-order valence-corrected chi connectivity index (χ1v) is 6.17. The molecule has 2 rings (SSSR count). The molecule has 0 aromatic rings. The van der Waals surface area contributed by atoms with Gasteiger partial charge in [-0.1, -0.05) is 0 Å². The maximum atomic E-state index is 12.2. The van der Waals surface area contributed by atoms with Gasteiger partial charge in [0.15, 0.2) is 0 Å². The molecule has 5 nitrogen and oxygen atoms in total. The van der Waals surface area contributed by atoms with E-state index in [9.17, 15) is 9.59 Å². The van der Waals surface area contributed by atoms with Gasteiger partial charge in [0.05, 0.1) is 18.6 Å². The summed E-state index contributed by atoms with van der Waals surface area (Å²) < 4.78 is 4.80. The van der Waals surface area contributed by atoms with Gasteiger partial charge in [-0.3, -0.25) is 9.59 Å². The maximum Gasteiger partial charge on any atom is 0.313 e. The Hall–Kier alpha value is -0.810. The number of amides is 1. The Bertz CT molecular complexity index is 331. The van der Waals surface area contributed by atoms with Crippen LogP contribution in [0.5, 0.6) is 0 Å². The van der Waals surface area contributed by atoms with Crippen molar-refractivity contribution in [2.24, 2.45) is 5.41 Å². The molecule has 6 heteroatoms.